The number of ether oxygens (including phenoxy) is 1. The van der Waals surface area contributed by atoms with Gasteiger partial charge in [-0.25, -0.2) is 4.79 Å². The first-order valence-electron chi connectivity index (χ1n) is 7.78. The third-order valence-corrected chi connectivity index (χ3v) is 3.94. The summed E-state index contributed by atoms with van der Waals surface area (Å²) in [6.07, 6.45) is -0.845. The van der Waals surface area contributed by atoms with Gasteiger partial charge in [-0.05, 0) is 37.1 Å². The van der Waals surface area contributed by atoms with E-state index < -0.39 is 18.0 Å². The average molecular weight is 343 g/mol. The van der Waals surface area contributed by atoms with Crippen LogP contribution in [0, 0.1) is 13.8 Å². The maximum atomic E-state index is 12.4. The fourth-order valence-corrected chi connectivity index (χ4v) is 2.45. The van der Waals surface area contributed by atoms with Crippen LogP contribution in [0.4, 0.5) is 0 Å². The van der Waals surface area contributed by atoms with Crippen LogP contribution in [-0.2, 0) is 0 Å². The number of methoxy groups -OCH3 is 1. The number of carboxylic acids is 1. The predicted molar refractivity (Wildman–Crippen MR) is 93.2 cm³/mol. The van der Waals surface area contributed by atoms with Crippen molar-refractivity contribution < 1.29 is 24.5 Å². The van der Waals surface area contributed by atoms with Crippen LogP contribution in [0.3, 0.4) is 0 Å². The zero-order valence-electron chi connectivity index (χ0n) is 14.4. The van der Waals surface area contributed by atoms with E-state index in [1.165, 1.54) is 19.2 Å². The third-order valence-electron chi connectivity index (χ3n) is 3.94. The molecule has 0 saturated heterocycles. The van der Waals surface area contributed by atoms with Crippen molar-refractivity contribution in [3.63, 3.8) is 0 Å². The molecule has 1 amide bonds. The molecule has 2 aromatic carbocycles. The Morgan fingerprint density at radius 2 is 1.76 bits per heavy atom. The highest BCUT2D eigenvalue weighted by Crippen LogP contribution is 2.23. The number of carboxylic acid groups (broad SMARTS) is 1. The highest BCUT2D eigenvalue weighted by atomic mass is 16.5. The van der Waals surface area contributed by atoms with Crippen LogP contribution in [-0.4, -0.2) is 35.7 Å². The lowest BCUT2D eigenvalue weighted by Gasteiger charge is -2.15. The van der Waals surface area contributed by atoms with Gasteiger partial charge in [0, 0.05) is 12.1 Å². The van der Waals surface area contributed by atoms with Gasteiger partial charge in [0.1, 0.15) is 11.3 Å². The van der Waals surface area contributed by atoms with Crippen molar-refractivity contribution in [1.82, 2.24) is 5.32 Å². The maximum Gasteiger partial charge on any atom is 0.339 e. The topological polar surface area (TPSA) is 95.9 Å². The van der Waals surface area contributed by atoms with Crippen molar-refractivity contribution in [1.29, 1.82) is 0 Å². The van der Waals surface area contributed by atoms with E-state index in [9.17, 15) is 19.8 Å². The molecule has 6 heteroatoms. The number of aryl methyl sites for hydroxylation is 2. The molecule has 0 aliphatic carbocycles. The van der Waals surface area contributed by atoms with Crippen LogP contribution in [0.5, 0.6) is 5.75 Å². The highest BCUT2D eigenvalue weighted by Gasteiger charge is 2.18. The van der Waals surface area contributed by atoms with E-state index in [2.05, 4.69) is 5.32 Å². The van der Waals surface area contributed by atoms with Gasteiger partial charge in [0.15, 0.2) is 0 Å². The summed E-state index contributed by atoms with van der Waals surface area (Å²) in [5, 5.41) is 22.0. The van der Waals surface area contributed by atoms with Crippen molar-refractivity contribution in [2.24, 2.45) is 0 Å². The monoisotopic (exact) mass is 343 g/mol. The summed E-state index contributed by atoms with van der Waals surface area (Å²) in [5.41, 5.74) is 2.51. The summed E-state index contributed by atoms with van der Waals surface area (Å²) in [5.74, 6) is -1.43. The normalized spacial score (nSPS) is 11.7. The number of rotatable bonds is 6. The SMILES string of the molecule is COc1cc(C)c(C(=O)NC[C@@H](O)c2ccc(C)cc2)cc1C(=O)O. The van der Waals surface area contributed by atoms with Crippen molar-refractivity contribution >= 4 is 11.9 Å². The van der Waals surface area contributed by atoms with Gasteiger partial charge < -0.3 is 20.3 Å². The summed E-state index contributed by atoms with van der Waals surface area (Å²) in [7, 11) is 1.37. The smallest absolute Gasteiger partial charge is 0.339 e. The number of carbonyl (C=O) groups is 2. The molecule has 25 heavy (non-hydrogen) atoms. The number of hydrogen-bond acceptors (Lipinski definition) is 4. The minimum absolute atomic E-state index is 0.0236. The first kappa shape index (κ1) is 18.5. The molecule has 0 aliphatic heterocycles. The van der Waals surface area contributed by atoms with E-state index in [4.69, 9.17) is 4.74 Å². The van der Waals surface area contributed by atoms with Gasteiger partial charge in [0.05, 0.1) is 13.2 Å². The van der Waals surface area contributed by atoms with Gasteiger partial charge in [-0.3, -0.25) is 4.79 Å². The lowest BCUT2D eigenvalue weighted by atomic mass is 10.0. The highest BCUT2D eigenvalue weighted by molar-refractivity contribution is 6.00. The standard InChI is InChI=1S/C19H21NO5/c1-11-4-6-13(7-5-11)16(21)10-20-18(22)14-9-15(19(23)24)17(25-3)8-12(14)2/h4-9,16,21H,10H2,1-3H3,(H,20,22)(H,23,24)/t16-/m1/s1. The summed E-state index contributed by atoms with van der Waals surface area (Å²) in [6.45, 7) is 3.67. The van der Waals surface area contributed by atoms with E-state index >= 15 is 0 Å². The van der Waals surface area contributed by atoms with Crippen molar-refractivity contribution in [2.45, 2.75) is 20.0 Å². The molecule has 132 valence electrons. The van der Waals surface area contributed by atoms with Crippen LogP contribution >= 0.6 is 0 Å². The number of carbonyl (C=O) groups excluding carboxylic acids is 1. The number of nitrogens with one attached hydrogen (secondary N) is 1. The summed E-state index contributed by atoms with van der Waals surface area (Å²) >= 11 is 0. The van der Waals surface area contributed by atoms with E-state index in [-0.39, 0.29) is 23.4 Å². The minimum Gasteiger partial charge on any atom is -0.496 e. The Morgan fingerprint density at radius 1 is 1.12 bits per heavy atom. The number of aromatic carboxylic acids is 1. The molecule has 0 aromatic heterocycles. The number of aliphatic hydroxyl groups is 1. The number of amides is 1. The fourth-order valence-electron chi connectivity index (χ4n) is 2.45. The molecule has 0 fully saturated rings. The number of benzene rings is 2. The lowest BCUT2D eigenvalue weighted by molar-refractivity contribution is 0.0693. The average Bonchev–Trinajstić information content (AvgIpc) is 2.59. The first-order valence-corrected chi connectivity index (χ1v) is 7.78. The molecular weight excluding hydrogens is 322 g/mol. The Hall–Kier alpha value is -2.86. The van der Waals surface area contributed by atoms with Crippen LogP contribution in [0.15, 0.2) is 36.4 Å². The molecule has 2 rings (SSSR count). The molecule has 1 atom stereocenters. The molecule has 6 nitrogen and oxygen atoms in total. The van der Waals surface area contributed by atoms with E-state index in [0.717, 1.165) is 5.56 Å². The van der Waals surface area contributed by atoms with Crippen LogP contribution in [0.1, 0.15) is 43.5 Å². The van der Waals surface area contributed by atoms with E-state index in [1.54, 1.807) is 19.1 Å². The molecule has 0 heterocycles. The van der Waals surface area contributed by atoms with Gasteiger partial charge in [0.2, 0.25) is 0 Å². The second-order valence-electron chi connectivity index (χ2n) is 5.81. The summed E-state index contributed by atoms with van der Waals surface area (Å²) in [6, 6.07) is 10.2. The van der Waals surface area contributed by atoms with E-state index in [0.29, 0.717) is 11.1 Å². The molecule has 0 radical (unpaired) electrons. The third kappa shape index (κ3) is 4.36. The quantitative estimate of drug-likeness (QED) is 0.749. The lowest BCUT2D eigenvalue weighted by Crippen LogP contribution is -2.29. The Labute approximate surface area is 146 Å². The minimum atomic E-state index is -1.18. The zero-order valence-corrected chi connectivity index (χ0v) is 14.4. The van der Waals surface area contributed by atoms with Gasteiger partial charge in [-0.15, -0.1) is 0 Å². The predicted octanol–water partition coefficient (Wildman–Crippen LogP) is 2.47. The van der Waals surface area contributed by atoms with Crippen LogP contribution in [0.25, 0.3) is 0 Å². The Kier molecular flexibility index (Phi) is 5.77. The Balaban J connectivity index is 2.14. The van der Waals surface area contributed by atoms with Gasteiger partial charge >= 0.3 is 5.97 Å². The fraction of sp³-hybridized carbons (Fsp3) is 0.263. The second kappa shape index (κ2) is 7.81. The molecule has 0 spiro atoms. The van der Waals surface area contributed by atoms with E-state index in [1.807, 2.05) is 19.1 Å². The van der Waals surface area contributed by atoms with Crippen molar-refractivity contribution in [3.8, 4) is 5.75 Å². The second-order valence-corrected chi connectivity index (χ2v) is 5.81. The first-order chi connectivity index (χ1) is 11.8. The Bertz CT molecular complexity index is 783. The van der Waals surface area contributed by atoms with Crippen LogP contribution in [0.2, 0.25) is 0 Å². The number of hydrogen-bond donors (Lipinski definition) is 3. The molecular formula is C19H21NO5. The van der Waals surface area contributed by atoms with Crippen LogP contribution < -0.4 is 10.1 Å². The summed E-state index contributed by atoms with van der Waals surface area (Å²) in [4.78, 5) is 23.7. The van der Waals surface area contributed by atoms with Crippen molar-refractivity contribution in [2.75, 3.05) is 13.7 Å². The summed E-state index contributed by atoms with van der Waals surface area (Å²) < 4.78 is 5.04. The largest absolute Gasteiger partial charge is 0.496 e. The van der Waals surface area contributed by atoms with Crippen molar-refractivity contribution in [3.05, 3.63) is 64.2 Å². The molecule has 2 aromatic rings. The maximum absolute atomic E-state index is 12.4. The Morgan fingerprint density at radius 3 is 2.32 bits per heavy atom. The zero-order chi connectivity index (χ0) is 18.6. The van der Waals surface area contributed by atoms with Gasteiger partial charge in [-0.2, -0.15) is 0 Å². The molecule has 0 unspecified atom stereocenters. The molecule has 3 N–H and O–H groups in total. The number of aliphatic hydroxyl groups excluding tert-OH is 1. The van der Waals surface area contributed by atoms with Gasteiger partial charge in [-0.1, -0.05) is 29.8 Å². The molecule has 0 saturated carbocycles. The molecule has 0 aliphatic rings. The molecule has 0 bridgehead atoms. The van der Waals surface area contributed by atoms with Gasteiger partial charge in [0.25, 0.3) is 5.91 Å².